The van der Waals surface area contributed by atoms with E-state index in [1.807, 2.05) is 30.0 Å². The fraction of sp³-hybridized carbons (Fsp3) is 0.480. The van der Waals surface area contributed by atoms with Crippen LogP contribution in [-0.4, -0.2) is 25.6 Å². The molecule has 2 aromatic rings. The fourth-order valence-corrected chi connectivity index (χ4v) is 4.30. The number of ether oxygens (including phenoxy) is 1. The van der Waals surface area contributed by atoms with Gasteiger partial charge in [-0.15, -0.1) is 0 Å². The maximum absolute atomic E-state index is 14.8. The molecule has 0 unspecified atom stereocenters. The third-order valence-electron chi connectivity index (χ3n) is 6.32. The Bertz CT molecular complexity index is 937. The van der Waals surface area contributed by atoms with Gasteiger partial charge < -0.3 is 15.0 Å². The molecule has 0 radical (unpaired) electrons. The second kappa shape index (κ2) is 9.25. The second-order valence-electron chi connectivity index (χ2n) is 8.83. The van der Waals surface area contributed by atoms with Crippen molar-refractivity contribution in [2.24, 2.45) is 5.92 Å². The summed E-state index contributed by atoms with van der Waals surface area (Å²) in [5.41, 5.74) is 2.01. The predicted molar refractivity (Wildman–Crippen MR) is 117 cm³/mol. The molecule has 4 nitrogen and oxygen atoms in total. The summed E-state index contributed by atoms with van der Waals surface area (Å²) in [6, 6.07) is 10.1. The molecule has 4 rings (SSSR count). The van der Waals surface area contributed by atoms with E-state index in [1.54, 1.807) is 6.07 Å². The summed E-state index contributed by atoms with van der Waals surface area (Å²) in [5, 5.41) is 2.77. The summed E-state index contributed by atoms with van der Waals surface area (Å²) in [7, 11) is 0. The molecule has 1 N–H and O–H groups in total. The Morgan fingerprint density at radius 2 is 1.84 bits per heavy atom. The van der Waals surface area contributed by atoms with Gasteiger partial charge in [0.25, 0.3) is 0 Å². The fourth-order valence-electron chi connectivity index (χ4n) is 4.30. The maximum atomic E-state index is 14.8. The van der Waals surface area contributed by atoms with Crippen LogP contribution in [0.3, 0.4) is 0 Å². The van der Waals surface area contributed by atoms with Gasteiger partial charge in [0.15, 0.2) is 0 Å². The molecule has 0 bridgehead atoms. The van der Waals surface area contributed by atoms with Gasteiger partial charge in [0.05, 0.1) is 18.3 Å². The number of anilines is 1. The third kappa shape index (κ3) is 5.35. The molecule has 1 atom stereocenters. The molecule has 1 saturated carbocycles. The Kier molecular flexibility index (Phi) is 6.44. The minimum absolute atomic E-state index is 0.121. The van der Waals surface area contributed by atoms with Crippen molar-refractivity contribution >= 4 is 11.6 Å². The number of rotatable bonds is 7. The van der Waals surface area contributed by atoms with Crippen LogP contribution < -0.4 is 15.0 Å². The Balaban J connectivity index is 1.36. The first-order valence-electron chi connectivity index (χ1n) is 11.1. The smallest absolute Gasteiger partial charge is 0.217 e. The van der Waals surface area contributed by atoms with Crippen molar-refractivity contribution in [1.29, 1.82) is 0 Å². The van der Waals surface area contributed by atoms with Gasteiger partial charge in [0, 0.05) is 26.1 Å². The van der Waals surface area contributed by atoms with Crippen LogP contribution in [0, 0.1) is 17.6 Å². The molecule has 166 valence electrons. The molecule has 1 aliphatic heterocycles. The van der Waals surface area contributed by atoms with Gasteiger partial charge in [-0.1, -0.05) is 12.1 Å². The molecule has 1 amide bonds. The molecule has 0 aromatic heterocycles. The summed E-state index contributed by atoms with van der Waals surface area (Å²) in [6.07, 6.45) is 3.94. The molecule has 2 aliphatic rings. The quantitative estimate of drug-likeness (QED) is 0.648. The van der Waals surface area contributed by atoms with Gasteiger partial charge in [-0.3, -0.25) is 4.79 Å². The Morgan fingerprint density at radius 3 is 2.45 bits per heavy atom. The van der Waals surface area contributed by atoms with Crippen LogP contribution in [0.2, 0.25) is 0 Å². The van der Waals surface area contributed by atoms with E-state index in [0.717, 1.165) is 24.0 Å². The molecule has 31 heavy (non-hydrogen) atoms. The van der Waals surface area contributed by atoms with Crippen LogP contribution in [0.4, 0.5) is 14.5 Å². The average molecular weight is 429 g/mol. The summed E-state index contributed by atoms with van der Waals surface area (Å²) in [5.74, 6) is 0.701. The number of nitrogens with one attached hydrogen (secondary N) is 1. The molecule has 6 heteroatoms. The number of carbonyl (C=O) groups is 1. The van der Waals surface area contributed by atoms with Crippen molar-refractivity contribution in [1.82, 2.24) is 5.32 Å². The lowest BCUT2D eigenvalue weighted by molar-refractivity contribution is -0.119. The number of piperidine rings is 1. The number of amides is 1. The summed E-state index contributed by atoms with van der Waals surface area (Å²) < 4.78 is 35.1. The first-order valence-corrected chi connectivity index (χ1v) is 11.1. The number of hydrogen-bond donors (Lipinski definition) is 1. The second-order valence-corrected chi connectivity index (χ2v) is 8.83. The number of nitrogens with zero attached hydrogens (tertiary/aromatic N) is 1. The van der Waals surface area contributed by atoms with E-state index in [0.29, 0.717) is 37.1 Å². The Hall–Kier alpha value is -2.63. The van der Waals surface area contributed by atoms with Crippen molar-refractivity contribution in [3.8, 4) is 5.75 Å². The molecular formula is C25H30F2N2O2. The molecule has 2 fully saturated rings. The van der Waals surface area contributed by atoms with Gasteiger partial charge in [-0.25, -0.2) is 8.78 Å². The van der Waals surface area contributed by atoms with E-state index in [9.17, 15) is 13.6 Å². The first-order chi connectivity index (χ1) is 14.9. The largest absolute Gasteiger partial charge is 0.493 e. The monoisotopic (exact) mass is 428 g/mol. The highest BCUT2D eigenvalue weighted by molar-refractivity contribution is 5.73. The van der Waals surface area contributed by atoms with Crippen molar-refractivity contribution in [3.05, 3.63) is 59.2 Å². The standard InChI is InChI=1S/C25H30F2N2O2/c1-16(28-17(2)30)20-5-8-25(24(27)13-20)29-11-9-19(10-12-29)22-7-6-21(14-23(22)26)31-15-18-3-4-18/h5-8,13-14,16,18-19H,3-4,9-12,15H2,1-2H3,(H,28,30)/t16-/m0/s1. The zero-order valence-corrected chi connectivity index (χ0v) is 18.2. The van der Waals surface area contributed by atoms with Gasteiger partial charge in [-0.2, -0.15) is 0 Å². The number of carbonyl (C=O) groups excluding carboxylic acids is 1. The molecular weight excluding hydrogens is 398 g/mol. The van der Waals surface area contributed by atoms with E-state index in [4.69, 9.17) is 4.74 Å². The Morgan fingerprint density at radius 1 is 1.10 bits per heavy atom. The lowest BCUT2D eigenvalue weighted by Crippen LogP contribution is -2.33. The van der Waals surface area contributed by atoms with Crippen molar-refractivity contribution in [2.75, 3.05) is 24.6 Å². The summed E-state index contributed by atoms with van der Waals surface area (Å²) >= 11 is 0. The molecule has 1 saturated heterocycles. The van der Waals surface area contributed by atoms with Gasteiger partial charge in [0.1, 0.15) is 17.4 Å². The highest BCUT2D eigenvalue weighted by atomic mass is 19.1. The van der Waals surface area contributed by atoms with E-state index in [-0.39, 0.29) is 29.5 Å². The van der Waals surface area contributed by atoms with E-state index < -0.39 is 0 Å². The summed E-state index contributed by atoms with van der Waals surface area (Å²) in [6.45, 7) is 5.29. The van der Waals surface area contributed by atoms with Crippen LogP contribution in [0.1, 0.15) is 62.6 Å². The van der Waals surface area contributed by atoms with Crippen molar-refractivity contribution in [3.63, 3.8) is 0 Å². The zero-order chi connectivity index (χ0) is 22.0. The number of halogens is 2. The highest BCUT2D eigenvalue weighted by Crippen LogP contribution is 2.35. The van der Waals surface area contributed by atoms with Crippen LogP contribution in [0.5, 0.6) is 5.75 Å². The molecule has 1 aliphatic carbocycles. The normalized spacial score (nSPS) is 18.0. The maximum Gasteiger partial charge on any atom is 0.217 e. The average Bonchev–Trinajstić information content (AvgIpc) is 3.57. The summed E-state index contributed by atoms with van der Waals surface area (Å²) in [4.78, 5) is 13.2. The van der Waals surface area contributed by atoms with Gasteiger partial charge >= 0.3 is 0 Å². The lowest BCUT2D eigenvalue weighted by atomic mass is 9.88. The molecule has 0 spiro atoms. The zero-order valence-electron chi connectivity index (χ0n) is 18.2. The van der Waals surface area contributed by atoms with Crippen LogP contribution in [0.15, 0.2) is 36.4 Å². The molecule has 1 heterocycles. The first kappa shape index (κ1) is 21.6. The van der Waals surface area contributed by atoms with Gasteiger partial charge in [0.2, 0.25) is 5.91 Å². The predicted octanol–water partition coefficient (Wildman–Crippen LogP) is 5.33. The minimum atomic E-state index is -0.295. The van der Waals surface area contributed by atoms with Gasteiger partial charge in [-0.05, 0) is 73.8 Å². The molecule has 2 aromatic carbocycles. The van der Waals surface area contributed by atoms with E-state index >= 15 is 0 Å². The topological polar surface area (TPSA) is 41.6 Å². The SMILES string of the molecule is CC(=O)N[C@@H](C)c1ccc(N2CCC(c3ccc(OCC4CC4)cc3F)CC2)c(F)c1. The Labute approximate surface area is 182 Å². The van der Waals surface area contributed by atoms with Crippen LogP contribution >= 0.6 is 0 Å². The third-order valence-corrected chi connectivity index (χ3v) is 6.32. The number of benzene rings is 2. The highest BCUT2D eigenvalue weighted by Gasteiger charge is 2.26. The van der Waals surface area contributed by atoms with Crippen molar-refractivity contribution < 1.29 is 18.3 Å². The number of hydrogen-bond acceptors (Lipinski definition) is 3. The van der Waals surface area contributed by atoms with E-state index in [2.05, 4.69) is 5.32 Å². The van der Waals surface area contributed by atoms with Crippen molar-refractivity contribution in [2.45, 2.75) is 51.5 Å². The lowest BCUT2D eigenvalue weighted by Gasteiger charge is -2.34. The minimum Gasteiger partial charge on any atom is -0.493 e. The van der Waals surface area contributed by atoms with Crippen LogP contribution in [0.25, 0.3) is 0 Å². The van der Waals surface area contributed by atoms with E-state index in [1.165, 1.54) is 31.9 Å². The van der Waals surface area contributed by atoms with Crippen LogP contribution in [-0.2, 0) is 4.79 Å².